The third-order valence-corrected chi connectivity index (χ3v) is 1.86. The summed E-state index contributed by atoms with van der Waals surface area (Å²) in [5, 5.41) is 8.74. The largest absolute Gasteiger partial charge is 0.462 e. The summed E-state index contributed by atoms with van der Waals surface area (Å²) in [6.07, 6.45) is 0.316. The van der Waals surface area contributed by atoms with E-state index in [0.29, 0.717) is 6.29 Å². The van der Waals surface area contributed by atoms with E-state index in [0.717, 1.165) is 12.1 Å². The third kappa shape index (κ3) is 2.23. The summed E-state index contributed by atoms with van der Waals surface area (Å²) in [5.74, 6) is -1.55. The molecule has 0 saturated heterocycles. The highest BCUT2D eigenvalue weighted by molar-refractivity contribution is 6.00. The molecule has 0 saturated carbocycles. The Morgan fingerprint density at radius 2 is 2.31 bits per heavy atom. The highest BCUT2D eigenvalue weighted by Gasteiger charge is 2.18. The molecule has 1 aromatic carbocycles. The summed E-state index contributed by atoms with van der Waals surface area (Å²) in [6.45, 7) is 1.70. The first-order chi connectivity index (χ1) is 7.63. The van der Waals surface area contributed by atoms with Crippen LogP contribution in [0.5, 0.6) is 0 Å². The number of hydrogen-bond donors (Lipinski definition) is 0. The summed E-state index contributed by atoms with van der Waals surface area (Å²) in [5.41, 5.74) is -0.587. The van der Waals surface area contributed by atoms with Crippen LogP contribution < -0.4 is 0 Å². The molecule has 0 spiro atoms. The van der Waals surface area contributed by atoms with Crippen molar-refractivity contribution in [1.29, 1.82) is 5.26 Å². The van der Waals surface area contributed by atoms with Gasteiger partial charge in [-0.25, -0.2) is 9.18 Å². The van der Waals surface area contributed by atoms with Crippen LogP contribution in [-0.4, -0.2) is 18.9 Å². The molecule has 0 N–H and O–H groups in total. The number of nitriles is 1. The Bertz CT molecular complexity index is 477. The second-order valence-electron chi connectivity index (χ2n) is 2.87. The van der Waals surface area contributed by atoms with Gasteiger partial charge in [0.05, 0.1) is 17.7 Å². The maximum atomic E-state index is 13.0. The molecule has 0 unspecified atom stereocenters. The van der Waals surface area contributed by atoms with Crippen molar-refractivity contribution in [3.8, 4) is 6.07 Å². The molecule has 5 heteroatoms. The van der Waals surface area contributed by atoms with Gasteiger partial charge in [0.1, 0.15) is 11.9 Å². The molecule has 0 aliphatic carbocycles. The lowest BCUT2D eigenvalue weighted by Gasteiger charge is -2.06. The second kappa shape index (κ2) is 5.03. The maximum Gasteiger partial charge on any atom is 0.340 e. The summed E-state index contributed by atoms with van der Waals surface area (Å²) in [6, 6.07) is 3.43. The zero-order valence-electron chi connectivity index (χ0n) is 8.49. The zero-order valence-corrected chi connectivity index (χ0v) is 8.49. The predicted molar refractivity (Wildman–Crippen MR) is 52.5 cm³/mol. The Morgan fingerprint density at radius 3 is 2.81 bits per heavy atom. The van der Waals surface area contributed by atoms with E-state index in [2.05, 4.69) is 4.74 Å². The Morgan fingerprint density at radius 1 is 1.62 bits per heavy atom. The molecule has 16 heavy (non-hydrogen) atoms. The third-order valence-electron chi connectivity index (χ3n) is 1.86. The number of carbonyl (C=O) groups excluding carboxylic acids is 2. The van der Waals surface area contributed by atoms with Crippen molar-refractivity contribution >= 4 is 12.3 Å². The van der Waals surface area contributed by atoms with Gasteiger partial charge in [0, 0.05) is 5.56 Å². The number of ether oxygens (including phenoxy) is 1. The van der Waals surface area contributed by atoms with Gasteiger partial charge in [0.15, 0.2) is 6.29 Å². The Labute approximate surface area is 91.3 Å². The summed E-state index contributed by atoms with van der Waals surface area (Å²) < 4.78 is 17.7. The number of rotatable bonds is 3. The van der Waals surface area contributed by atoms with E-state index >= 15 is 0 Å². The standard InChI is InChI=1S/C11H8FNO3/c1-2-16-11(15)10-7(5-13)3-9(12)4-8(10)6-14/h3-4,6H,2H2,1H3. The van der Waals surface area contributed by atoms with Crippen LogP contribution >= 0.6 is 0 Å². The smallest absolute Gasteiger partial charge is 0.340 e. The monoisotopic (exact) mass is 221 g/mol. The van der Waals surface area contributed by atoms with Crippen LogP contribution in [0.3, 0.4) is 0 Å². The molecule has 0 radical (unpaired) electrons. The minimum absolute atomic E-state index is 0.110. The fourth-order valence-electron chi connectivity index (χ4n) is 1.24. The molecule has 1 aromatic rings. The van der Waals surface area contributed by atoms with Crippen molar-refractivity contribution in [2.75, 3.05) is 6.61 Å². The van der Waals surface area contributed by atoms with Gasteiger partial charge in [-0.05, 0) is 19.1 Å². The average molecular weight is 221 g/mol. The van der Waals surface area contributed by atoms with Crippen molar-refractivity contribution in [1.82, 2.24) is 0 Å². The lowest BCUT2D eigenvalue weighted by molar-refractivity contribution is 0.0524. The number of carbonyl (C=O) groups is 2. The van der Waals surface area contributed by atoms with E-state index in [9.17, 15) is 14.0 Å². The minimum Gasteiger partial charge on any atom is -0.462 e. The zero-order chi connectivity index (χ0) is 12.1. The summed E-state index contributed by atoms with van der Waals surface area (Å²) in [4.78, 5) is 22.1. The van der Waals surface area contributed by atoms with Gasteiger partial charge in [-0.3, -0.25) is 4.79 Å². The second-order valence-corrected chi connectivity index (χ2v) is 2.87. The van der Waals surface area contributed by atoms with Gasteiger partial charge >= 0.3 is 5.97 Å². The van der Waals surface area contributed by atoms with Crippen molar-refractivity contribution in [2.45, 2.75) is 6.92 Å². The molecule has 0 fully saturated rings. The van der Waals surface area contributed by atoms with E-state index in [4.69, 9.17) is 5.26 Å². The van der Waals surface area contributed by atoms with E-state index in [1.165, 1.54) is 0 Å². The van der Waals surface area contributed by atoms with Crippen LogP contribution in [0, 0.1) is 17.1 Å². The number of halogens is 1. The van der Waals surface area contributed by atoms with E-state index in [1.807, 2.05) is 0 Å². The number of esters is 1. The fraction of sp³-hybridized carbons (Fsp3) is 0.182. The number of aldehydes is 1. The Hall–Kier alpha value is -2.22. The highest BCUT2D eigenvalue weighted by Crippen LogP contribution is 2.16. The molecule has 0 amide bonds. The molecule has 4 nitrogen and oxygen atoms in total. The summed E-state index contributed by atoms with van der Waals surface area (Å²) in [7, 11) is 0. The van der Waals surface area contributed by atoms with Gasteiger partial charge in [-0.15, -0.1) is 0 Å². The quantitative estimate of drug-likeness (QED) is 0.575. The molecule has 0 heterocycles. The molecular weight excluding hydrogens is 213 g/mol. The lowest BCUT2D eigenvalue weighted by Crippen LogP contribution is -2.11. The Kier molecular flexibility index (Phi) is 3.72. The van der Waals surface area contributed by atoms with Crippen molar-refractivity contribution in [3.05, 3.63) is 34.6 Å². The molecule has 0 atom stereocenters. The molecule has 0 aromatic heterocycles. The lowest BCUT2D eigenvalue weighted by atomic mass is 10.0. The fourth-order valence-corrected chi connectivity index (χ4v) is 1.24. The van der Waals surface area contributed by atoms with E-state index in [1.54, 1.807) is 13.0 Å². The first-order valence-electron chi connectivity index (χ1n) is 4.50. The van der Waals surface area contributed by atoms with Gasteiger partial charge in [-0.2, -0.15) is 5.26 Å². The van der Waals surface area contributed by atoms with Crippen LogP contribution in [-0.2, 0) is 4.74 Å². The Balaban J connectivity index is 3.40. The molecular formula is C11H8FNO3. The molecule has 1 rings (SSSR count). The van der Waals surface area contributed by atoms with Crippen LogP contribution in [0.2, 0.25) is 0 Å². The van der Waals surface area contributed by atoms with Crippen molar-refractivity contribution < 1.29 is 18.7 Å². The van der Waals surface area contributed by atoms with Crippen LogP contribution in [0.1, 0.15) is 33.2 Å². The van der Waals surface area contributed by atoms with Crippen molar-refractivity contribution in [2.24, 2.45) is 0 Å². The van der Waals surface area contributed by atoms with Gasteiger partial charge in [0.25, 0.3) is 0 Å². The number of nitrogens with zero attached hydrogens (tertiary/aromatic N) is 1. The first kappa shape index (κ1) is 11.9. The van der Waals surface area contributed by atoms with Crippen LogP contribution in [0.25, 0.3) is 0 Å². The predicted octanol–water partition coefficient (Wildman–Crippen LogP) is 1.69. The van der Waals surface area contributed by atoms with Crippen LogP contribution in [0.15, 0.2) is 12.1 Å². The molecule has 0 aliphatic heterocycles. The van der Waals surface area contributed by atoms with E-state index in [-0.39, 0.29) is 23.3 Å². The average Bonchev–Trinajstić information content (AvgIpc) is 2.27. The first-order valence-corrected chi connectivity index (χ1v) is 4.50. The number of hydrogen-bond acceptors (Lipinski definition) is 4. The SMILES string of the molecule is CCOC(=O)c1c(C#N)cc(F)cc1C=O. The summed E-state index contributed by atoms with van der Waals surface area (Å²) >= 11 is 0. The molecule has 0 bridgehead atoms. The van der Waals surface area contributed by atoms with E-state index < -0.39 is 11.8 Å². The minimum atomic E-state index is -0.804. The topological polar surface area (TPSA) is 67.2 Å². The molecule has 0 aliphatic rings. The van der Waals surface area contributed by atoms with Gasteiger partial charge < -0.3 is 4.74 Å². The van der Waals surface area contributed by atoms with Crippen molar-refractivity contribution in [3.63, 3.8) is 0 Å². The maximum absolute atomic E-state index is 13.0. The molecule has 82 valence electrons. The highest BCUT2D eigenvalue weighted by atomic mass is 19.1. The van der Waals surface area contributed by atoms with Gasteiger partial charge in [0.2, 0.25) is 0 Å². The normalized spacial score (nSPS) is 9.31. The van der Waals surface area contributed by atoms with Crippen LogP contribution in [0.4, 0.5) is 4.39 Å². The number of benzene rings is 1. The van der Waals surface area contributed by atoms with Gasteiger partial charge in [-0.1, -0.05) is 0 Å².